The first-order valence-corrected chi connectivity index (χ1v) is 9.76. The first-order valence-electron chi connectivity index (χ1n) is 9.76. The van der Waals surface area contributed by atoms with Gasteiger partial charge in [0.1, 0.15) is 0 Å². The van der Waals surface area contributed by atoms with Crippen LogP contribution in [0.25, 0.3) is 0 Å². The molecule has 0 radical (unpaired) electrons. The molecule has 0 spiro atoms. The molecule has 5 nitrogen and oxygen atoms in total. The van der Waals surface area contributed by atoms with Gasteiger partial charge in [0.05, 0.1) is 0 Å². The molecule has 1 aromatic rings. The molecule has 5 heteroatoms. The van der Waals surface area contributed by atoms with E-state index in [1.54, 1.807) is 26.0 Å². The van der Waals surface area contributed by atoms with E-state index in [1.165, 1.54) is 25.7 Å². The summed E-state index contributed by atoms with van der Waals surface area (Å²) in [6, 6.07) is 7.83. The van der Waals surface area contributed by atoms with Gasteiger partial charge in [0, 0.05) is 39.8 Å². The highest BCUT2D eigenvalue weighted by atomic mass is 16.2. The normalized spacial score (nSPS) is 12.6. The summed E-state index contributed by atoms with van der Waals surface area (Å²) in [5.74, 6) is 1.58. The minimum Gasteiger partial charge on any atom is -0.356 e. The molecule has 26 heavy (non-hydrogen) atoms. The largest absolute Gasteiger partial charge is 0.356 e. The van der Waals surface area contributed by atoms with E-state index in [0.29, 0.717) is 5.92 Å². The lowest BCUT2D eigenvalue weighted by atomic mass is 9.99. The van der Waals surface area contributed by atoms with Gasteiger partial charge in [0.15, 0.2) is 5.96 Å². The van der Waals surface area contributed by atoms with Crippen LogP contribution in [0.1, 0.15) is 55.5 Å². The van der Waals surface area contributed by atoms with E-state index in [1.807, 2.05) is 18.2 Å². The van der Waals surface area contributed by atoms with Crippen molar-refractivity contribution in [3.05, 3.63) is 35.4 Å². The Hall–Kier alpha value is -2.04. The van der Waals surface area contributed by atoms with E-state index in [2.05, 4.69) is 35.5 Å². The van der Waals surface area contributed by atoms with Gasteiger partial charge >= 0.3 is 0 Å². The highest BCUT2D eigenvalue weighted by Gasteiger charge is 2.09. The van der Waals surface area contributed by atoms with Crippen LogP contribution >= 0.6 is 0 Å². The fraction of sp³-hybridized carbons (Fsp3) is 0.619. The standard InChI is InChI=1S/C21H36N4O/c1-6-8-10-17(7-2)16-24-21(22-3)23-14-13-18-11-9-12-19(15-18)20(26)25(4)5/h9,11-12,15,17H,6-8,10,13-14,16H2,1-5H3,(H2,22,23,24). The van der Waals surface area contributed by atoms with Crippen molar-refractivity contribution in [2.24, 2.45) is 10.9 Å². The smallest absolute Gasteiger partial charge is 0.253 e. The van der Waals surface area contributed by atoms with Crippen LogP contribution in [0.3, 0.4) is 0 Å². The number of unbranched alkanes of at least 4 members (excludes halogenated alkanes) is 1. The molecule has 0 fully saturated rings. The fourth-order valence-corrected chi connectivity index (χ4v) is 2.85. The lowest BCUT2D eigenvalue weighted by Crippen LogP contribution is -2.40. The molecule has 0 aliphatic rings. The minimum absolute atomic E-state index is 0.0370. The lowest BCUT2D eigenvalue weighted by Gasteiger charge is -2.18. The third kappa shape index (κ3) is 7.89. The summed E-state index contributed by atoms with van der Waals surface area (Å²) in [5, 5.41) is 6.81. The number of carbonyl (C=O) groups is 1. The third-order valence-corrected chi connectivity index (χ3v) is 4.61. The van der Waals surface area contributed by atoms with Crippen molar-refractivity contribution in [2.45, 2.75) is 46.0 Å². The molecule has 0 saturated carbocycles. The van der Waals surface area contributed by atoms with Gasteiger partial charge in [0.25, 0.3) is 5.91 Å². The van der Waals surface area contributed by atoms with Crippen molar-refractivity contribution in [2.75, 3.05) is 34.2 Å². The summed E-state index contributed by atoms with van der Waals surface area (Å²) in [5.41, 5.74) is 1.88. The molecule has 1 rings (SSSR count). The Balaban J connectivity index is 2.45. The number of hydrogen-bond donors (Lipinski definition) is 2. The monoisotopic (exact) mass is 360 g/mol. The van der Waals surface area contributed by atoms with Crippen molar-refractivity contribution < 1.29 is 4.79 Å². The summed E-state index contributed by atoms with van der Waals surface area (Å²) >= 11 is 0. The van der Waals surface area contributed by atoms with E-state index < -0.39 is 0 Å². The number of rotatable bonds is 10. The first-order chi connectivity index (χ1) is 12.5. The summed E-state index contributed by atoms with van der Waals surface area (Å²) in [4.78, 5) is 18.0. The highest BCUT2D eigenvalue weighted by Crippen LogP contribution is 2.11. The number of aliphatic imine (C=N–C) groups is 1. The maximum Gasteiger partial charge on any atom is 0.253 e. The third-order valence-electron chi connectivity index (χ3n) is 4.61. The van der Waals surface area contributed by atoms with Gasteiger partial charge in [-0.15, -0.1) is 0 Å². The second-order valence-electron chi connectivity index (χ2n) is 6.95. The Kier molecular flexibility index (Phi) is 10.4. The molecule has 0 bridgehead atoms. The van der Waals surface area contributed by atoms with Gasteiger partial charge in [0.2, 0.25) is 0 Å². The lowest BCUT2D eigenvalue weighted by molar-refractivity contribution is 0.0827. The topological polar surface area (TPSA) is 56.7 Å². The fourth-order valence-electron chi connectivity index (χ4n) is 2.85. The highest BCUT2D eigenvalue weighted by molar-refractivity contribution is 5.94. The van der Waals surface area contributed by atoms with Crippen LogP contribution in [0.4, 0.5) is 0 Å². The molecule has 146 valence electrons. The van der Waals surface area contributed by atoms with Crippen LogP contribution in [-0.4, -0.2) is 51.0 Å². The van der Waals surface area contributed by atoms with E-state index >= 15 is 0 Å². The van der Waals surface area contributed by atoms with Gasteiger partial charge in [-0.1, -0.05) is 45.2 Å². The Labute approximate surface area is 159 Å². The van der Waals surface area contributed by atoms with Crippen LogP contribution in [0.15, 0.2) is 29.3 Å². The SMILES string of the molecule is CCCCC(CC)CNC(=NC)NCCc1cccc(C(=O)N(C)C)c1. The predicted molar refractivity (Wildman–Crippen MR) is 111 cm³/mol. The number of nitrogens with zero attached hydrogens (tertiary/aromatic N) is 2. The number of nitrogens with one attached hydrogen (secondary N) is 2. The zero-order valence-corrected chi connectivity index (χ0v) is 17.1. The van der Waals surface area contributed by atoms with Crippen LogP contribution in [-0.2, 0) is 6.42 Å². The number of carbonyl (C=O) groups excluding carboxylic acids is 1. The van der Waals surface area contributed by atoms with E-state index in [4.69, 9.17) is 0 Å². The minimum atomic E-state index is 0.0370. The molecule has 0 aliphatic heterocycles. The number of hydrogen-bond acceptors (Lipinski definition) is 2. The van der Waals surface area contributed by atoms with Crippen molar-refractivity contribution in [1.29, 1.82) is 0 Å². The van der Waals surface area contributed by atoms with Gasteiger partial charge in [-0.3, -0.25) is 9.79 Å². The van der Waals surface area contributed by atoms with Crippen LogP contribution < -0.4 is 10.6 Å². The predicted octanol–water partition coefficient (Wildman–Crippen LogP) is 3.31. The van der Waals surface area contributed by atoms with Gasteiger partial charge in [-0.2, -0.15) is 0 Å². The van der Waals surface area contributed by atoms with Crippen molar-refractivity contribution in [3.8, 4) is 0 Å². The van der Waals surface area contributed by atoms with Crippen molar-refractivity contribution in [3.63, 3.8) is 0 Å². The van der Waals surface area contributed by atoms with Gasteiger partial charge < -0.3 is 15.5 Å². The molecule has 0 heterocycles. The van der Waals surface area contributed by atoms with Crippen LogP contribution in [0.2, 0.25) is 0 Å². The molecule has 1 unspecified atom stereocenters. The number of amides is 1. The molecular weight excluding hydrogens is 324 g/mol. The van der Waals surface area contributed by atoms with E-state index in [9.17, 15) is 4.79 Å². The summed E-state index contributed by atoms with van der Waals surface area (Å²) in [6.45, 7) is 6.23. The number of guanidine groups is 1. The Bertz CT molecular complexity index is 569. The molecule has 0 aromatic heterocycles. The molecule has 0 saturated heterocycles. The molecule has 2 N–H and O–H groups in total. The van der Waals surface area contributed by atoms with Crippen molar-refractivity contribution in [1.82, 2.24) is 15.5 Å². The number of benzene rings is 1. The second-order valence-corrected chi connectivity index (χ2v) is 6.95. The average Bonchev–Trinajstić information content (AvgIpc) is 2.66. The summed E-state index contributed by atoms with van der Waals surface area (Å²) in [7, 11) is 5.35. The zero-order chi connectivity index (χ0) is 19.4. The second kappa shape index (κ2) is 12.3. The summed E-state index contributed by atoms with van der Waals surface area (Å²) in [6.07, 6.45) is 5.84. The van der Waals surface area contributed by atoms with Crippen molar-refractivity contribution >= 4 is 11.9 Å². The van der Waals surface area contributed by atoms with E-state index in [-0.39, 0.29) is 5.91 Å². The Morgan fingerprint density at radius 3 is 2.62 bits per heavy atom. The quantitative estimate of drug-likeness (QED) is 0.497. The van der Waals surface area contributed by atoms with Gasteiger partial charge in [-0.25, -0.2) is 0 Å². The Morgan fingerprint density at radius 1 is 1.23 bits per heavy atom. The molecule has 0 aliphatic carbocycles. The van der Waals surface area contributed by atoms with Crippen LogP contribution in [0, 0.1) is 5.92 Å². The average molecular weight is 361 g/mol. The molecule has 1 amide bonds. The maximum atomic E-state index is 12.1. The van der Waals surface area contributed by atoms with E-state index in [0.717, 1.165) is 36.6 Å². The Morgan fingerprint density at radius 2 is 2.00 bits per heavy atom. The summed E-state index contributed by atoms with van der Waals surface area (Å²) < 4.78 is 0. The maximum absolute atomic E-state index is 12.1. The molecular formula is C21H36N4O. The first kappa shape index (κ1) is 22.0. The molecule has 1 atom stereocenters. The zero-order valence-electron chi connectivity index (χ0n) is 17.1. The van der Waals surface area contributed by atoms with Crippen LogP contribution in [0.5, 0.6) is 0 Å². The van der Waals surface area contributed by atoms with Gasteiger partial charge in [-0.05, 0) is 36.5 Å². The molecule has 1 aromatic carbocycles.